The summed E-state index contributed by atoms with van der Waals surface area (Å²) in [6.45, 7) is 4.50. The Hall–Kier alpha value is -3.76. The summed E-state index contributed by atoms with van der Waals surface area (Å²) in [6.07, 6.45) is 0.949. The summed E-state index contributed by atoms with van der Waals surface area (Å²) in [4.78, 5) is 1.39. The van der Waals surface area contributed by atoms with E-state index >= 15 is 0 Å². The second kappa shape index (κ2) is 11.0. The van der Waals surface area contributed by atoms with Gasteiger partial charge in [0.1, 0.15) is 30.0 Å². The van der Waals surface area contributed by atoms with Crippen molar-refractivity contribution in [3.8, 4) is 22.6 Å². The Morgan fingerprint density at radius 1 is 0.977 bits per heavy atom. The number of rotatable bonds is 6. The second-order valence-corrected chi connectivity index (χ2v) is 11.6. The van der Waals surface area contributed by atoms with E-state index in [-0.39, 0.29) is 24.5 Å². The molecule has 44 heavy (non-hydrogen) atoms. The van der Waals surface area contributed by atoms with Crippen molar-refractivity contribution in [2.75, 3.05) is 13.2 Å². The van der Waals surface area contributed by atoms with E-state index in [4.69, 9.17) is 23.7 Å². The molecule has 12 nitrogen and oxygen atoms in total. The Kier molecular flexibility index (Phi) is 7.24. The zero-order valence-electron chi connectivity index (χ0n) is 24.2. The molecule has 1 spiro atoms. The number of benzene rings is 2. The van der Waals surface area contributed by atoms with Crippen LogP contribution in [-0.4, -0.2) is 78.3 Å². The lowest BCUT2D eigenvalue weighted by molar-refractivity contribution is -0.404. The molecule has 2 aromatic carbocycles. The van der Waals surface area contributed by atoms with Crippen LogP contribution < -0.4 is 0 Å². The molecule has 0 unspecified atom stereocenters. The lowest BCUT2D eigenvalue weighted by Crippen LogP contribution is -2.67. The average molecular weight is 614 g/mol. The number of aromatic nitrogens is 7. The van der Waals surface area contributed by atoms with Crippen LogP contribution in [0.4, 0.5) is 13.2 Å². The van der Waals surface area contributed by atoms with Crippen LogP contribution in [0.25, 0.3) is 22.6 Å². The fraction of sp³-hybridized carbons (Fsp3) is 0.483. The standard InChI is InChI=1S/C29H30F3N7O5/c1-28(2)42-15-22-25(44-28)24(39-13-21(33-37-39)18-11-19(30)23(32)20(31)12-18)26(29(43-22)9-4-10-41-29)40-14-16-5-7-17(8-6-16)27-34-36-38(3)35-27/h5-8,11-13,22,24-26H,4,9-10,14-15H2,1-3H3/t22-,24+,25+,26-,29+/m1/s1. The van der Waals surface area contributed by atoms with Gasteiger partial charge in [0.15, 0.2) is 29.0 Å². The van der Waals surface area contributed by atoms with Crippen LogP contribution in [0.1, 0.15) is 38.3 Å². The molecule has 0 bridgehead atoms. The maximum absolute atomic E-state index is 14.1. The largest absolute Gasteiger partial charge is 0.366 e. The molecule has 3 saturated heterocycles. The molecule has 232 valence electrons. The number of hydrogen-bond donors (Lipinski definition) is 0. The van der Waals surface area contributed by atoms with Crippen LogP contribution in [-0.2, 0) is 37.3 Å². The van der Waals surface area contributed by atoms with E-state index < -0.39 is 53.4 Å². The van der Waals surface area contributed by atoms with E-state index in [1.54, 1.807) is 25.6 Å². The number of hydrogen-bond acceptors (Lipinski definition) is 10. The van der Waals surface area contributed by atoms with Gasteiger partial charge in [-0.05, 0) is 43.2 Å². The zero-order valence-corrected chi connectivity index (χ0v) is 24.2. The minimum Gasteiger partial charge on any atom is -0.366 e. The molecule has 0 aliphatic carbocycles. The molecule has 3 aliphatic heterocycles. The summed E-state index contributed by atoms with van der Waals surface area (Å²) in [7, 11) is 1.70. The Morgan fingerprint density at radius 2 is 1.75 bits per heavy atom. The second-order valence-electron chi connectivity index (χ2n) is 11.6. The molecule has 7 rings (SSSR count). The Morgan fingerprint density at radius 3 is 2.43 bits per heavy atom. The van der Waals surface area contributed by atoms with Gasteiger partial charge in [0.2, 0.25) is 5.82 Å². The first-order valence-corrected chi connectivity index (χ1v) is 14.3. The third kappa shape index (κ3) is 5.28. The summed E-state index contributed by atoms with van der Waals surface area (Å²) in [5.74, 6) is -5.77. The van der Waals surface area contributed by atoms with E-state index in [0.717, 1.165) is 29.7 Å². The molecular weight excluding hydrogens is 583 g/mol. The van der Waals surface area contributed by atoms with Crippen LogP contribution in [0.15, 0.2) is 42.6 Å². The number of aryl methyl sites for hydroxylation is 1. The van der Waals surface area contributed by atoms with Crippen molar-refractivity contribution < 1.29 is 36.9 Å². The first-order valence-electron chi connectivity index (χ1n) is 14.3. The van der Waals surface area contributed by atoms with Crippen molar-refractivity contribution in [2.45, 2.75) is 69.2 Å². The van der Waals surface area contributed by atoms with Gasteiger partial charge in [0.05, 0.1) is 33.1 Å². The third-order valence-corrected chi connectivity index (χ3v) is 8.07. The van der Waals surface area contributed by atoms with Crippen molar-refractivity contribution in [3.63, 3.8) is 0 Å². The van der Waals surface area contributed by atoms with Gasteiger partial charge in [-0.15, -0.1) is 15.3 Å². The van der Waals surface area contributed by atoms with Crippen molar-refractivity contribution in [2.24, 2.45) is 7.05 Å². The van der Waals surface area contributed by atoms with E-state index in [1.807, 2.05) is 24.3 Å². The maximum atomic E-state index is 14.1. The summed E-state index contributed by atoms with van der Waals surface area (Å²) in [5.41, 5.74) is 1.86. The van der Waals surface area contributed by atoms with E-state index in [0.29, 0.717) is 18.9 Å². The van der Waals surface area contributed by atoms with Gasteiger partial charge in [-0.3, -0.25) is 0 Å². The minimum atomic E-state index is -1.55. The van der Waals surface area contributed by atoms with Crippen LogP contribution >= 0.6 is 0 Å². The highest BCUT2D eigenvalue weighted by molar-refractivity contribution is 5.58. The first-order chi connectivity index (χ1) is 21.1. The Bertz CT molecular complexity index is 1630. The van der Waals surface area contributed by atoms with Gasteiger partial charge in [-0.25, -0.2) is 17.9 Å². The number of nitrogens with zero attached hydrogens (tertiary/aromatic N) is 7. The molecule has 0 amide bonds. The lowest BCUT2D eigenvalue weighted by atomic mass is 9.87. The quantitative estimate of drug-likeness (QED) is 0.298. The van der Waals surface area contributed by atoms with E-state index in [1.165, 1.54) is 11.0 Å². The summed E-state index contributed by atoms with van der Waals surface area (Å²) in [6, 6.07) is 8.71. The predicted molar refractivity (Wildman–Crippen MR) is 145 cm³/mol. The molecule has 0 N–H and O–H groups in total. The number of fused-ring (bicyclic) bond motifs is 1. The van der Waals surface area contributed by atoms with Crippen molar-refractivity contribution in [1.29, 1.82) is 0 Å². The van der Waals surface area contributed by atoms with E-state index in [2.05, 4.69) is 25.7 Å². The fourth-order valence-electron chi connectivity index (χ4n) is 6.02. The maximum Gasteiger partial charge on any atom is 0.204 e. The zero-order chi connectivity index (χ0) is 30.6. The lowest BCUT2D eigenvalue weighted by Gasteiger charge is -2.54. The SMILES string of the molecule is Cn1nnc(-c2ccc(CO[C@@H]3[C@@H](n4cc(-c5cc(F)c(F)c(F)c5)nn4)[C@H]4OC(C)(C)OC[C@H]4O[C@@]34CCCO4)cc2)n1. The Labute approximate surface area is 250 Å². The average Bonchev–Trinajstić information content (AvgIpc) is 3.77. The van der Waals surface area contributed by atoms with Gasteiger partial charge >= 0.3 is 0 Å². The van der Waals surface area contributed by atoms with Gasteiger partial charge in [0, 0.05) is 17.5 Å². The topological polar surface area (TPSA) is 120 Å². The minimum absolute atomic E-state index is 0.0338. The van der Waals surface area contributed by atoms with E-state index in [9.17, 15) is 13.2 Å². The summed E-state index contributed by atoms with van der Waals surface area (Å²) in [5, 5.41) is 20.7. The first kappa shape index (κ1) is 29.0. The van der Waals surface area contributed by atoms with Crippen molar-refractivity contribution in [1.82, 2.24) is 35.2 Å². The van der Waals surface area contributed by atoms with Gasteiger partial charge < -0.3 is 23.7 Å². The number of halogens is 3. The van der Waals surface area contributed by atoms with Crippen LogP contribution in [0.2, 0.25) is 0 Å². The van der Waals surface area contributed by atoms with Crippen molar-refractivity contribution >= 4 is 0 Å². The molecule has 5 atom stereocenters. The van der Waals surface area contributed by atoms with Crippen molar-refractivity contribution in [3.05, 3.63) is 65.6 Å². The highest BCUT2D eigenvalue weighted by Crippen LogP contribution is 2.48. The Balaban J connectivity index is 1.23. The highest BCUT2D eigenvalue weighted by Gasteiger charge is 2.61. The molecular formula is C29H30F3N7O5. The van der Waals surface area contributed by atoms with Gasteiger partial charge in [-0.2, -0.15) is 4.80 Å². The smallest absolute Gasteiger partial charge is 0.204 e. The molecule has 0 saturated carbocycles. The van der Waals surface area contributed by atoms with Gasteiger partial charge in [0.25, 0.3) is 0 Å². The molecule has 4 aromatic rings. The highest BCUT2D eigenvalue weighted by atomic mass is 19.2. The van der Waals surface area contributed by atoms with Crippen LogP contribution in [0, 0.1) is 17.5 Å². The van der Waals surface area contributed by atoms with Gasteiger partial charge in [-0.1, -0.05) is 29.5 Å². The summed E-state index contributed by atoms with van der Waals surface area (Å²) < 4.78 is 75.2. The number of ether oxygens (including phenoxy) is 5. The van der Waals surface area contributed by atoms with Crippen LogP contribution in [0.3, 0.4) is 0 Å². The van der Waals surface area contributed by atoms with Crippen LogP contribution in [0.5, 0.6) is 0 Å². The molecule has 5 heterocycles. The summed E-state index contributed by atoms with van der Waals surface area (Å²) >= 11 is 0. The normalized spacial score (nSPS) is 28.0. The molecule has 0 radical (unpaired) electrons. The molecule has 3 fully saturated rings. The fourth-order valence-corrected chi connectivity index (χ4v) is 6.02. The number of tetrazole rings is 1. The molecule has 3 aliphatic rings. The molecule has 15 heteroatoms. The molecule has 2 aromatic heterocycles. The monoisotopic (exact) mass is 613 g/mol. The predicted octanol–water partition coefficient (Wildman–Crippen LogP) is 3.74. The third-order valence-electron chi connectivity index (χ3n) is 8.07.